The highest BCUT2D eigenvalue weighted by Crippen LogP contribution is 2.34. The van der Waals surface area contributed by atoms with Crippen LogP contribution in [0.4, 0.5) is 0 Å². The van der Waals surface area contributed by atoms with Gasteiger partial charge in [0.15, 0.2) is 11.5 Å². The van der Waals surface area contributed by atoms with Crippen LogP contribution in [0.25, 0.3) is 0 Å². The van der Waals surface area contributed by atoms with Crippen molar-refractivity contribution in [2.75, 3.05) is 27.4 Å². The second kappa shape index (κ2) is 5.39. The molecule has 3 rings (SSSR count). The van der Waals surface area contributed by atoms with E-state index in [1.807, 2.05) is 13.1 Å². The minimum absolute atomic E-state index is 0.333. The largest absolute Gasteiger partial charge is 0.454 e. The Morgan fingerprint density at radius 1 is 1.32 bits per heavy atom. The fourth-order valence-electron chi connectivity index (χ4n) is 2.76. The first-order valence-electron chi connectivity index (χ1n) is 7.05. The van der Waals surface area contributed by atoms with Gasteiger partial charge < -0.3 is 19.7 Å². The number of nitrogens with one attached hydrogen (secondary N) is 1. The lowest BCUT2D eigenvalue weighted by Crippen LogP contribution is -2.41. The van der Waals surface area contributed by atoms with Crippen LogP contribution in [0.5, 0.6) is 11.5 Å². The Balaban J connectivity index is 1.70. The van der Waals surface area contributed by atoms with Crippen LogP contribution >= 0.6 is 0 Å². The number of ether oxygens (including phenoxy) is 2. The molecule has 4 heteroatoms. The molecule has 1 heterocycles. The van der Waals surface area contributed by atoms with Gasteiger partial charge in [-0.1, -0.05) is 12.5 Å². The molecule has 0 spiro atoms. The van der Waals surface area contributed by atoms with Crippen molar-refractivity contribution in [1.82, 2.24) is 10.2 Å². The zero-order valence-corrected chi connectivity index (χ0v) is 11.7. The SMILES string of the molecule is CNC(CN(C)C1CCC1)c1ccc2c(c1)OCO2. The van der Waals surface area contributed by atoms with Crippen molar-refractivity contribution < 1.29 is 9.47 Å². The fraction of sp³-hybridized carbons (Fsp3) is 0.600. The predicted octanol–water partition coefficient (Wildman–Crippen LogP) is 2.16. The standard InChI is InChI=1S/C15H22N2O2/c1-16-13(9-17(2)12-4-3-5-12)11-6-7-14-15(8-11)19-10-18-14/h6-8,12-13,16H,3-5,9-10H2,1-2H3. The lowest BCUT2D eigenvalue weighted by molar-refractivity contribution is 0.146. The number of likely N-dealkylation sites (N-methyl/N-ethyl adjacent to an activating group) is 2. The van der Waals surface area contributed by atoms with E-state index in [2.05, 4.69) is 29.4 Å². The van der Waals surface area contributed by atoms with Gasteiger partial charge in [-0.05, 0) is 44.6 Å². The molecule has 1 aliphatic carbocycles. The Hall–Kier alpha value is -1.26. The summed E-state index contributed by atoms with van der Waals surface area (Å²) in [5.41, 5.74) is 1.26. The molecule has 0 aromatic heterocycles. The highest BCUT2D eigenvalue weighted by atomic mass is 16.7. The summed E-state index contributed by atoms with van der Waals surface area (Å²) in [4.78, 5) is 2.47. The number of hydrogen-bond acceptors (Lipinski definition) is 4. The Morgan fingerprint density at radius 3 is 2.79 bits per heavy atom. The van der Waals surface area contributed by atoms with Crippen LogP contribution in [-0.2, 0) is 0 Å². The van der Waals surface area contributed by atoms with Crippen LogP contribution in [0.1, 0.15) is 30.9 Å². The molecule has 0 bridgehead atoms. The van der Waals surface area contributed by atoms with Gasteiger partial charge in [0.2, 0.25) is 6.79 Å². The highest BCUT2D eigenvalue weighted by Gasteiger charge is 2.25. The highest BCUT2D eigenvalue weighted by molar-refractivity contribution is 5.45. The van der Waals surface area contributed by atoms with Crippen LogP contribution in [0.2, 0.25) is 0 Å². The summed E-state index contributed by atoms with van der Waals surface area (Å²) in [6.07, 6.45) is 4.06. The zero-order chi connectivity index (χ0) is 13.2. The predicted molar refractivity (Wildman–Crippen MR) is 74.6 cm³/mol. The number of nitrogens with zero attached hydrogens (tertiary/aromatic N) is 1. The van der Waals surface area contributed by atoms with E-state index in [4.69, 9.17) is 9.47 Å². The molecule has 0 radical (unpaired) electrons. The molecule has 104 valence electrons. The lowest BCUT2D eigenvalue weighted by Gasteiger charge is -2.36. The van der Waals surface area contributed by atoms with E-state index in [0.29, 0.717) is 12.8 Å². The normalized spacial score (nSPS) is 19.5. The molecule has 1 N–H and O–H groups in total. The smallest absolute Gasteiger partial charge is 0.231 e. The zero-order valence-electron chi connectivity index (χ0n) is 11.7. The fourth-order valence-corrected chi connectivity index (χ4v) is 2.76. The van der Waals surface area contributed by atoms with Gasteiger partial charge in [-0.15, -0.1) is 0 Å². The van der Waals surface area contributed by atoms with E-state index >= 15 is 0 Å². The van der Waals surface area contributed by atoms with Crippen molar-refractivity contribution in [3.8, 4) is 11.5 Å². The van der Waals surface area contributed by atoms with Crippen LogP contribution in [-0.4, -0.2) is 38.4 Å². The van der Waals surface area contributed by atoms with Crippen molar-refractivity contribution in [2.45, 2.75) is 31.3 Å². The maximum absolute atomic E-state index is 5.45. The van der Waals surface area contributed by atoms with Crippen molar-refractivity contribution in [3.63, 3.8) is 0 Å². The van der Waals surface area contributed by atoms with Crippen molar-refractivity contribution in [3.05, 3.63) is 23.8 Å². The molecule has 1 aliphatic heterocycles. The van der Waals surface area contributed by atoms with E-state index < -0.39 is 0 Å². The van der Waals surface area contributed by atoms with Gasteiger partial charge in [0.05, 0.1) is 0 Å². The first-order valence-corrected chi connectivity index (χ1v) is 7.05. The third kappa shape index (κ3) is 2.55. The third-order valence-corrected chi connectivity index (χ3v) is 4.32. The summed E-state index contributed by atoms with van der Waals surface area (Å²) in [5.74, 6) is 1.72. The number of rotatable bonds is 5. The maximum atomic E-state index is 5.45. The first-order chi connectivity index (χ1) is 9.28. The van der Waals surface area contributed by atoms with Crippen molar-refractivity contribution in [2.24, 2.45) is 0 Å². The van der Waals surface area contributed by atoms with Crippen LogP contribution < -0.4 is 14.8 Å². The third-order valence-electron chi connectivity index (χ3n) is 4.32. The van der Waals surface area contributed by atoms with Gasteiger partial charge in [-0.25, -0.2) is 0 Å². The summed E-state index contributed by atoms with van der Waals surface area (Å²) in [7, 11) is 4.24. The van der Waals surface area contributed by atoms with Gasteiger partial charge >= 0.3 is 0 Å². The first kappa shape index (κ1) is 12.8. The average Bonchev–Trinajstić information content (AvgIpc) is 2.80. The van der Waals surface area contributed by atoms with Crippen LogP contribution in [0, 0.1) is 0 Å². The van der Waals surface area contributed by atoms with Gasteiger partial charge in [-0.2, -0.15) is 0 Å². The minimum Gasteiger partial charge on any atom is -0.454 e. The summed E-state index contributed by atoms with van der Waals surface area (Å²) >= 11 is 0. The van der Waals surface area contributed by atoms with Gasteiger partial charge in [-0.3, -0.25) is 0 Å². The number of benzene rings is 1. The summed E-state index contributed by atoms with van der Waals surface area (Å²) in [6.45, 7) is 1.37. The van der Waals surface area contributed by atoms with Crippen molar-refractivity contribution >= 4 is 0 Å². The van der Waals surface area contributed by atoms with E-state index in [-0.39, 0.29) is 0 Å². The van der Waals surface area contributed by atoms with Gasteiger partial charge in [0.1, 0.15) is 0 Å². The van der Waals surface area contributed by atoms with Gasteiger partial charge in [0, 0.05) is 18.6 Å². The molecule has 19 heavy (non-hydrogen) atoms. The molecule has 1 atom stereocenters. The Labute approximate surface area is 114 Å². The molecule has 2 aliphatic rings. The summed E-state index contributed by atoms with van der Waals surface area (Å²) in [5, 5.41) is 3.41. The molecule has 1 fully saturated rings. The molecule has 1 saturated carbocycles. The Bertz CT molecular complexity index is 446. The Morgan fingerprint density at radius 2 is 2.11 bits per heavy atom. The summed E-state index contributed by atoms with van der Waals surface area (Å²) < 4.78 is 10.8. The molecule has 1 aromatic carbocycles. The Kier molecular flexibility index (Phi) is 3.62. The molecule has 0 saturated heterocycles. The quantitative estimate of drug-likeness (QED) is 0.881. The molecule has 1 unspecified atom stereocenters. The molecule has 0 amide bonds. The maximum Gasteiger partial charge on any atom is 0.231 e. The van der Waals surface area contributed by atoms with E-state index in [9.17, 15) is 0 Å². The minimum atomic E-state index is 0.333. The average molecular weight is 262 g/mol. The molecule has 1 aromatic rings. The van der Waals surface area contributed by atoms with E-state index in [1.165, 1.54) is 24.8 Å². The second-order valence-corrected chi connectivity index (χ2v) is 5.48. The molecular formula is C15H22N2O2. The monoisotopic (exact) mass is 262 g/mol. The molecule has 4 nitrogen and oxygen atoms in total. The second-order valence-electron chi connectivity index (χ2n) is 5.48. The van der Waals surface area contributed by atoms with Crippen LogP contribution in [0.3, 0.4) is 0 Å². The van der Waals surface area contributed by atoms with E-state index in [0.717, 1.165) is 24.1 Å². The number of fused-ring (bicyclic) bond motifs is 1. The van der Waals surface area contributed by atoms with Crippen molar-refractivity contribution in [1.29, 1.82) is 0 Å². The van der Waals surface area contributed by atoms with Gasteiger partial charge in [0.25, 0.3) is 0 Å². The topological polar surface area (TPSA) is 33.7 Å². The lowest BCUT2D eigenvalue weighted by atomic mass is 9.91. The number of hydrogen-bond donors (Lipinski definition) is 1. The van der Waals surface area contributed by atoms with E-state index in [1.54, 1.807) is 0 Å². The van der Waals surface area contributed by atoms with Crippen LogP contribution in [0.15, 0.2) is 18.2 Å². The molecular weight excluding hydrogens is 240 g/mol. The summed E-state index contributed by atoms with van der Waals surface area (Å²) in [6, 6.07) is 7.33.